The van der Waals surface area contributed by atoms with Crippen molar-refractivity contribution in [3.8, 4) is 23.0 Å². The van der Waals surface area contributed by atoms with Crippen LogP contribution < -0.4 is 4.74 Å². The predicted molar refractivity (Wildman–Crippen MR) is 121 cm³/mol. The second-order valence-electron chi connectivity index (χ2n) is 7.74. The number of hydrogen-bond acceptors (Lipinski definition) is 6. The van der Waals surface area contributed by atoms with Crippen LogP contribution in [0, 0.1) is 6.92 Å². The number of nitrogens with zero attached hydrogens (tertiary/aromatic N) is 2. The van der Waals surface area contributed by atoms with E-state index < -0.39 is 9.84 Å². The van der Waals surface area contributed by atoms with Crippen LogP contribution in [0.15, 0.2) is 71.7 Å². The van der Waals surface area contributed by atoms with Crippen LogP contribution in [-0.2, 0) is 16.4 Å². The molecule has 1 saturated heterocycles. The molecule has 1 fully saturated rings. The van der Waals surface area contributed by atoms with Gasteiger partial charge < -0.3 is 9.15 Å². The van der Waals surface area contributed by atoms with Gasteiger partial charge in [0.15, 0.2) is 9.84 Å². The lowest BCUT2D eigenvalue weighted by Gasteiger charge is -2.25. The molecule has 3 aromatic rings. The number of ether oxygens (including phenoxy) is 1. The average Bonchev–Trinajstić information content (AvgIpc) is 3.30. The lowest BCUT2D eigenvalue weighted by Crippen LogP contribution is -2.36. The van der Waals surface area contributed by atoms with Crippen molar-refractivity contribution in [2.24, 2.45) is 0 Å². The molecule has 0 unspecified atom stereocenters. The first-order valence-electron chi connectivity index (χ1n) is 10.3. The lowest BCUT2D eigenvalue weighted by atomic mass is 10.2. The molecule has 0 N–H and O–H groups in total. The van der Waals surface area contributed by atoms with E-state index in [0.29, 0.717) is 31.2 Å². The number of aryl methyl sites for hydroxylation is 1. The topological polar surface area (TPSA) is 72.6 Å². The van der Waals surface area contributed by atoms with Crippen molar-refractivity contribution in [1.82, 2.24) is 9.88 Å². The van der Waals surface area contributed by atoms with Crippen molar-refractivity contribution < 1.29 is 17.6 Å². The normalized spacial score (nSPS) is 17.7. The van der Waals surface area contributed by atoms with E-state index in [2.05, 4.69) is 11.5 Å². The summed E-state index contributed by atoms with van der Waals surface area (Å²) in [5.74, 6) is 3.12. The van der Waals surface area contributed by atoms with Crippen LogP contribution in [-0.4, -0.2) is 42.4 Å². The fraction of sp³-hybridized carbons (Fsp3) is 0.292. The molecular formula is C24H26N2O4S. The highest BCUT2D eigenvalue weighted by molar-refractivity contribution is 7.91. The Bertz CT molecular complexity index is 1160. The highest BCUT2D eigenvalue weighted by atomic mass is 32.2. The molecule has 2 heterocycles. The largest absolute Gasteiger partial charge is 0.457 e. The summed E-state index contributed by atoms with van der Waals surface area (Å²) < 4.78 is 35.7. The molecule has 0 aliphatic carbocycles. The van der Waals surface area contributed by atoms with Crippen molar-refractivity contribution >= 4 is 9.84 Å². The SMILES string of the molecule is C=CCN(Cc1nc(-c2cccc(Oc3ccccc3)c2)oc1C)[C@H]1CCS(=O)(=O)C1. The van der Waals surface area contributed by atoms with E-state index in [4.69, 9.17) is 14.1 Å². The standard InChI is InChI=1S/C24H26N2O4S/c1-3-13-26(20-12-14-31(27,28)17-20)16-23-18(2)29-24(25-23)19-8-7-11-22(15-19)30-21-9-5-4-6-10-21/h3-11,15,20H,1,12-14,16-17H2,2H3/t20-/m0/s1. The summed E-state index contributed by atoms with van der Waals surface area (Å²) in [6, 6.07) is 17.2. The Balaban J connectivity index is 1.53. The Kier molecular flexibility index (Phi) is 6.25. The Morgan fingerprint density at radius 1 is 1.19 bits per heavy atom. The fourth-order valence-electron chi connectivity index (χ4n) is 3.78. The number of sulfone groups is 1. The molecule has 1 aliphatic rings. The molecule has 31 heavy (non-hydrogen) atoms. The first-order chi connectivity index (χ1) is 14.9. The third-order valence-electron chi connectivity index (χ3n) is 5.39. The predicted octanol–water partition coefficient (Wildman–Crippen LogP) is 4.62. The smallest absolute Gasteiger partial charge is 0.226 e. The summed E-state index contributed by atoms with van der Waals surface area (Å²) in [4.78, 5) is 6.82. The maximum Gasteiger partial charge on any atom is 0.226 e. The summed E-state index contributed by atoms with van der Waals surface area (Å²) in [5, 5.41) is 0. The van der Waals surface area contributed by atoms with Gasteiger partial charge in [-0.05, 0) is 43.7 Å². The Morgan fingerprint density at radius 2 is 1.97 bits per heavy atom. The minimum absolute atomic E-state index is 0.0230. The van der Waals surface area contributed by atoms with Gasteiger partial charge in [-0.3, -0.25) is 4.90 Å². The van der Waals surface area contributed by atoms with Gasteiger partial charge in [0.05, 0.1) is 17.2 Å². The first-order valence-corrected chi connectivity index (χ1v) is 12.1. The Labute approximate surface area is 183 Å². The molecule has 6 nitrogen and oxygen atoms in total. The summed E-state index contributed by atoms with van der Waals surface area (Å²) in [6.45, 7) is 6.82. The minimum atomic E-state index is -2.96. The molecule has 0 saturated carbocycles. The number of benzene rings is 2. The van der Waals surface area contributed by atoms with E-state index in [1.54, 1.807) is 6.08 Å². The van der Waals surface area contributed by atoms with Crippen LogP contribution >= 0.6 is 0 Å². The number of aromatic nitrogens is 1. The molecule has 1 atom stereocenters. The molecular weight excluding hydrogens is 412 g/mol. The summed E-state index contributed by atoms with van der Waals surface area (Å²) in [5.41, 5.74) is 1.62. The van der Waals surface area contributed by atoms with Crippen LogP contribution in [0.3, 0.4) is 0 Å². The van der Waals surface area contributed by atoms with Gasteiger partial charge in [-0.15, -0.1) is 6.58 Å². The number of para-hydroxylation sites is 1. The third kappa shape index (κ3) is 5.24. The zero-order chi connectivity index (χ0) is 21.8. The fourth-order valence-corrected chi connectivity index (χ4v) is 5.54. The van der Waals surface area contributed by atoms with E-state index in [9.17, 15) is 8.42 Å². The van der Waals surface area contributed by atoms with Crippen LogP contribution in [0.5, 0.6) is 11.5 Å². The monoisotopic (exact) mass is 438 g/mol. The highest BCUT2D eigenvalue weighted by Gasteiger charge is 2.32. The van der Waals surface area contributed by atoms with Crippen molar-refractivity contribution in [3.63, 3.8) is 0 Å². The molecule has 4 rings (SSSR count). The zero-order valence-electron chi connectivity index (χ0n) is 17.5. The number of hydrogen-bond donors (Lipinski definition) is 0. The van der Waals surface area contributed by atoms with Gasteiger partial charge >= 0.3 is 0 Å². The van der Waals surface area contributed by atoms with Crippen molar-refractivity contribution in [3.05, 3.63) is 78.7 Å². The maximum atomic E-state index is 11.9. The van der Waals surface area contributed by atoms with Crippen LogP contribution in [0.25, 0.3) is 11.5 Å². The van der Waals surface area contributed by atoms with E-state index >= 15 is 0 Å². The van der Waals surface area contributed by atoms with Crippen LogP contribution in [0.1, 0.15) is 17.9 Å². The molecule has 162 valence electrons. The summed E-state index contributed by atoms with van der Waals surface area (Å²) in [7, 11) is -2.96. The third-order valence-corrected chi connectivity index (χ3v) is 7.14. The van der Waals surface area contributed by atoms with Crippen molar-refractivity contribution in [1.29, 1.82) is 0 Å². The van der Waals surface area contributed by atoms with Gasteiger partial charge in [-0.2, -0.15) is 0 Å². The molecule has 2 aromatic carbocycles. The summed E-state index contributed by atoms with van der Waals surface area (Å²) >= 11 is 0. The molecule has 7 heteroatoms. The minimum Gasteiger partial charge on any atom is -0.457 e. The molecule has 0 amide bonds. The maximum absolute atomic E-state index is 11.9. The van der Waals surface area contributed by atoms with Gasteiger partial charge in [0, 0.05) is 24.7 Å². The van der Waals surface area contributed by atoms with E-state index in [-0.39, 0.29) is 17.5 Å². The van der Waals surface area contributed by atoms with Gasteiger partial charge in [-0.1, -0.05) is 30.3 Å². The first kappa shape index (κ1) is 21.3. The van der Waals surface area contributed by atoms with Crippen molar-refractivity contribution in [2.45, 2.75) is 25.9 Å². The lowest BCUT2D eigenvalue weighted by molar-refractivity contribution is 0.223. The molecule has 0 spiro atoms. The average molecular weight is 439 g/mol. The zero-order valence-corrected chi connectivity index (χ0v) is 18.3. The quantitative estimate of drug-likeness (QED) is 0.478. The highest BCUT2D eigenvalue weighted by Crippen LogP contribution is 2.29. The second kappa shape index (κ2) is 9.08. The Hall–Kier alpha value is -2.90. The molecule has 0 bridgehead atoms. The van der Waals surface area contributed by atoms with Crippen LogP contribution in [0.4, 0.5) is 0 Å². The van der Waals surface area contributed by atoms with Gasteiger partial charge in [-0.25, -0.2) is 13.4 Å². The van der Waals surface area contributed by atoms with Gasteiger partial charge in [0.2, 0.25) is 5.89 Å². The number of oxazole rings is 1. The van der Waals surface area contributed by atoms with Crippen molar-refractivity contribution in [2.75, 3.05) is 18.1 Å². The Morgan fingerprint density at radius 3 is 2.68 bits per heavy atom. The van der Waals surface area contributed by atoms with Crippen LogP contribution in [0.2, 0.25) is 0 Å². The second-order valence-corrected chi connectivity index (χ2v) is 9.97. The van der Waals surface area contributed by atoms with E-state index in [0.717, 1.165) is 22.8 Å². The summed E-state index contributed by atoms with van der Waals surface area (Å²) in [6.07, 6.45) is 2.43. The van der Waals surface area contributed by atoms with E-state index in [1.807, 2.05) is 61.5 Å². The molecule has 0 radical (unpaired) electrons. The molecule has 1 aromatic heterocycles. The van der Waals surface area contributed by atoms with Gasteiger partial charge in [0.1, 0.15) is 17.3 Å². The van der Waals surface area contributed by atoms with E-state index in [1.165, 1.54) is 0 Å². The number of rotatable bonds is 8. The van der Waals surface area contributed by atoms with Gasteiger partial charge in [0.25, 0.3) is 0 Å². The molecule has 1 aliphatic heterocycles.